The first kappa shape index (κ1) is 15.2. The maximum absolute atomic E-state index is 12.9. The molecule has 1 heterocycles. The van der Waals surface area contributed by atoms with Crippen LogP contribution in [0.3, 0.4) is 0 Å². The molecule has 1 saturated heterocycles. The Morgan fingerprint density at radius 3 is 2.50 bits per heavy atom. The minimum atomic E-state index is -0.132. The van der Waals surface area contributed by atoms with Gasteiger partial charge in [0.15, 0.2) is 0 Å². The molecule has 0 aromatic rings. The van der Waals surface area contributed by atoms with Crippen molar-refractivity contribution in [2.24, 2.45) is 5.41 Å². The van der Waals surface area contributed by atoms with Crippen molar-refractivity contribution in [1.82, 2.24) is 10.2 Å². The number of hydrogen-bond donors (Lipinski definition) is 1. The molecule has 0 radical (unpaired) electrons. The molecule has 0 aliphatic carbocycles. The molecular weight excluding hydrogens is 224 g/mol. The Morgan fingerprint density at radius 2 is 2.06 bits per heavy atom. The molecular formula is C15H28N2O. The van der Waals surface area contributed by atoms with Gasteiger partial charge in [-0.1, -0.05) is 19.4 Å². The SMILES string of the molecule is C=CCN(C(=O)C1(CCC)CCNCC1)C(C)C. The van der Waals surface area contributed by atoms with Gasteiger partial charge in [0.25, 0.3) is 0 Å². The van der Waals surface area contributed by atoms with E-state index in [1.807, 2.05) is 11.0 Å². The second-order valence-corrected chi connectivity index (χ2v) is 5.62. The van der Waals surface area contributed by atoms with Crippen LogP contribution in [0.5, 0.6) is 0 Å². The van der Waals surface area contributed by atoms with Crippen LogP contribution in [-0.4, -0.2) is 36.5 Å². The zero-order chi connectivity index (χ0) is 13.6. The average Bonchev–Trinajstić information content (AvgIpc) is 2.36. The Kier molecular flexibility index (Phi) is 5.86. The summed E-state index contributed by atoms with van der Waals surface area (Å²) in [4.78, 5) is 14.9. The summed E-state index contributed by atoms with van der Waals surface area (Å²) in [6, 6.07) is 0.249. The summed E-state index contributed by atoms with van der Waals surface area (Å²) in [6.07, 6.45) is 5.86. The normalized spacial score (nSPS) is 18.7. The molecule has 1 aliphatic rings. The van der Waals surface area contributed by atoms with Crippen LogP contribution in [0.15, 0.2) is 12.7 Å². The zero-order valence-corrected chi connectivity index (χ0v) is 12.2. The number of piperidine rings is 1. The molecule has 0 saturated carbocycles. The maximum Gasteiger partial charge on any atom is 0.229 e. The Labute approximate surface area is 112 Å². The summed E-state index contributed by atoms with van der Waals surface area (Å²) in [7, 11) is 0. The van der Waals surface area contributed by atoms with E-state index in [1.165, 1.54) is 0 Å². The van der Waals surface area contributed by atoms with E-state index in [9.17, 15) is 4.79 Å². The van der Waals surface area contributed by atoms with Gasteiger partial charge >= 0.3 is 0 Å². The number of carbonyl (C=O) groups excluding carboxylic acids is 1. The highest BCUT2D eigenvalue weighted by atomic mass is 16.2. The quantitative estimate of drug-likeness (QED) is 0.737. The molecule has 0 atom stereocenters. The van der Waals surface area contributed by atoms with Crippen LogP contribution in [-0.2, 0) is 4.79 Å². The zero-order valence-electron chi connectivity index (χ0n) is 12.2. The Bertz CT molecular complexity index is 275. The van der Waals surface area contributed by atoms with Gasteiger partial charge in [0.05, 0.1) is 5.41 Å². The van der Waals surface area contributed by atoms with Crippen molar-refractivity contribution in [1.29, 1.82) is 0 Å². The highest BCUT2D eigenvalue weighted by Gasteiger charge is 2.41. The van der Waals surface area contributed by atoms with E-state index in [2.05, 4.69) is 32.7 Å². The number of carbonyl (C=O) groups is 1. The van der Waals surface area contributed by atoms with E-state index in [-0.39, 0.29) is 11.5 Å². The lowest BCUT2D eigenvalue weighted by Crippen LogP contribution is -2.51. The molecule has 0 spiro atoms. The monoisotopic (exact) mass is 252 g/mol. The van der Waals surface area contributed by atoms with Gasteiger partial charge in [-0.15, -0.1) is 6.58 Å². The van der Waals surface area contributed by atoms with Crippen LogP contribution >= 0.6 is 0 Å². The Hall–Kier alpha value is -0.830. The first-order valence-corrected chi connectivity index (χ1v) is 7.20. The third-order valence-electron chi connectivity index (χ3n) is 3.95. The summed E-state index contributed by atoms with van der Waals surface area (Å²) in [5, 5.41) is 3.36. The van der Waals surface area contributed by atoms with Crippen LogP contribution < -0.4 is 5.32 Å². The molecule has 0 unspecified atom stereocenters. The molecule has 1 fully saturated rings. The number of amides is 1. The van der Waals surface area contributed by atoms with Crippen LogP contribution in [0, 0.1) is 5.41 Å². The summed E-state index contributed by atoms with van der Waals surface area (Å²) < 4.78 is 0. The molecule has 1 N–H and O–H groups in total. The lowest BCUT2D eigenvalue weighted by atomic mass is 9.74. The highest BCUT2D eigenvalue weighted by molar-refractivity contribution is 5.83. The van der Waals surface area contributed by atoms with Crippen molar-refractivity contribution in [2.75, 3.05) is 19.6 Å². The summed E-state index contributed by atoms with van der Waals surface area (Å²) in [5.41, 5.74) is -0.132. The Morgan fingerprint density at radius 1 is 1.44 bits per heavy atom. The molecule has 3 heteroatoms. The average molecular weight is 252 g/mol. The van der Waals surface area contributed by atoms with Crippen LogP contribution in [0.2, 0.25) is 0 Å². The highest BCUT2D eigenvalue weighted by Crippen LogP contribution is 2.36. The van der Waals surface area contributed by atoms with Crippen molar-refractivity contribution in [3.05, 3.63) is 12.7 Å². The Balaban J connectivity index is 2.88. The lowest BCUT2D eigenvalue weighted by Gasteiger charge is -2.41. The second-order valence-electron chi connectivity index (χ2n) is 5.62. The van der Waals surface area contributed by atoms with Crippen molar-refractivity contribution < 1.29 is 4.79 Å². The van der Waals surface area contributed by atoms with Crippen LogP contribution in [0.25, 0.3) is 0 Å². The van der Waals surface area contributed by atoms with Gasteiger partial charge in [0, 0.05) is 12.6 Å². The number of nitrogens with zero attached hydrogens (tertiary/aromatic N) is 1. The summed E-state index contributed by atoms with van der Waals surface area (Å²) >= 11 is 0. The predicted molar refractivity (Wildman–Crippen MR) is 76.5 cm³/mol. The fraction of sp³-hybridized carbons (Fsp3) is 0.800. The first-order chi connectivity index (χ1) is 8.57. The van der Waals surface area contributed by atoms with Gasteiger partial charge < -0.3 is 10.2 Å². The van der Waals surface area contributed by atoms with E-state index in [4.69, 9.17) is 0 Å². The first-order valence-electron chi connectivity index (χ1n) is 7.20. The van der Waals surface area contributed by atoms with Gasteiger partial charge in [-0.25, -0.2) is 0 Å². The topological polar surface area (TPSA) is 32.3 Å². The van der Waals surface area contributed by atoms with Gasteiger partial charge in [-0.05, 0) is 46.2 Å². The van der Waals surface area contributed by atoms with E-state index < -0.39 is 0 Å². The lowest BCUT2D eigenvalue weighted by molar-refractivity contribution is -0.145. The number of rotatable bonds is 6. The van der Waals surface area contributed by atoms with Crippen molar-refractivity contribution in [3.8, 4) is 0 Å². The van der Waals surface area contributed by atoms with Gasteiger partial charge in [-0.3, -0.25) is 4.79 Å². The molecule has 1 rings (SSSR count). The molecule has 104 valence electrons. The van der Waals surface area contributed by atoms with Crippen LogP contribution in [0.1, 0.15) is 46.5 Å². The molecule has 0 bridgehead atoms. The third-order valence-corrected chi connectivity index (χ3v) is 3.95. The number of nitrogens with one attached hydrogen (secondary N) is 1. The second kappa shape index (κ2) is 6.93. The molecule has 0 aromatic carbocycles. The minimum Gasteiger partial charge on any atom is -0.336 e. The molecule has 1 amide bonds. The predicted octanol–water partition coefficient (Wildman–Crippen LogP) is 2.58. The minimum absolute atomic E-state index is 0.132. The fourth-order valence-electron chi connectivity index (χ4n) is 2.93. The van der Waals surface area contributed by atoms with Crippen LogP contribution in [0.4, 0.5) is 0 Å². The standard InChI is InChI=1S/C15H28N2O/c1-5-7-15(8-10-16-11-9-15)14(18)17(12-6-2)13(3)4/h6,13,16H,2,5,7-12H2,1,3-4H3. The van der Waals surface area contributed by atoms with E-state index in [0.717, 1.165) is 38.8 Å². The van der Waals surface area contributed by atoms with Gasteiger partial charge in [0.1, 0.15) is 0 Å². The van der Waals surface area contributed by atoms with E-state index in [1.54, 1.807) is 0 Å². The van der Waals surface area contributed by atoms with Crippen molar-refractivity contribution in [3.63, 3.8) is 0 Å². The fourth-order valence-corrected chi connectivity index (χ4v) is 2.93. The van der Waals surface area contributed by atoms with Gasteiger partial charge in [0.2, 0.25) is 5.91 Å². The largest absolute Gasteiger partial charge is 0.336 e. The van der Waals surface area contributed by atoms with Crippen molar-refractivity contribution in [2.45, 2.75) is 52.5 Å². The van der Waals surface area contributed by atoms with E-state index >= 15 is 0 Å². The molecule has 0 aromatic heterocycles. The number of hydrogen-bond acceptors (Lipinski definition) is 2. The molecule has 1 aliphatic heterocycles. The van der Waals surface area contributed by atoms with E-state index in [0.29, 0.717) is 12.5 Å². The third kappa shape index (κ3) is 3.35. The van der Waals surface area contributed by atoms with Crippen molar-refractivity contribution >= 4 is 5.91 Å². The summed E-state index contributed by atoms with van der Waals surface area (Å²) in [6.45, 7) is 12.7. The molecule has 18 heavy (non-hydrogen) atoms. The van der Waals surface area contributed by atoms with Gasteiger partial charge in [-0.2, -0.15) is 0 Å². The summed E-state index contributed by atoms with van der Waals surface area (Å²) in [5.74, 6) is 0.334. The maximum atomic E-state index is 12.9. The molecule has 3 nitrogen and oxygen atoms in total. The smallest absolute Gasteiger partial charge is 0.229 e.